The molecule has 130 valence electrons. The van der Waals surface area contributed by atoms with Gasteiger partial charge in [-0.25, -0.2) is 0 Å². The molecular weight excluding hydrogens is 412 g/mol. The molecule has 2 N–H and O–H groups in total. The average molecular weight is 436 g/mol. The van der Waals surface area contributed by atoms with E-state index in [2.05, 4.69) is 4.99 Å². The first kappa shape index (κ1) is 19.8. The molecule has 2 aliphatic heterocycles. The fraction of sp³-hybridized carbons (Fsp3) is 0.923. The number of guanidine groups is 1. The maximum atomic E-state index is 12.3. The van der Waals surface area contributed by atoms with E-state index in [9.17, 15) is 13.2 Å². The van der Waals surface area contributed by atoms with Crippen molar-refractivity contribution in [2.24, 2.45) is 16.6 Å². The number of hydrogen-bond acceptors (Lipinski definition) is 3. The van der Waals surface area contributed by atoms with Gasteiger partial charge in [0.25, 0.3) is 0 Å². The zero-order valence-electron chi connectivity index (χ0n) is 12.7. The molecule has 0 aromatic rings. The van der Waals surface area contributed by atoms with Crippen molar-refractivity contribution < 1.29 is 17.9 Å². The Bertz CT molecular complexity index is 381. The number of alkyl halides is 3. The van der Waals surface area contributed by atoms with Crippen LogP contribution in [0.1, 0.15) is 13.3 Å². The van der Waals surface area contributed by atoms with Gasteiger partial charge in [-0.3, -0.25) is 9.89 Å². The van der Waals surface area contributed by atoms with Gasteiger partial charge in [-0.2, -0.15) is 13.2 Å². The number of morpholine rings is 1. The van der Waals surface area contributed by atoms with Crippen LogP contribution in [0.5, 0.6) is 0 Å². The number of aliphatic imine (C=N–C) groups is 1. The van der Waals surface area contributed by atoms with E-state index in [0.29, 0.717) is 45.3 Å². The Morgan fingerprint density at radius 3 is 2.68 bits per heavy atom. The lowest BCUT2D eigenvalue weighted by Gasteiger charge is -2.32. The summed E-state index contributed by atoms with van der Waals surface area (Å²) in [6.07, 6.45) is -3.26. The highest BCUT2D eigenvalue weighted by Gasteiger charge is 2.34. The molecule has 5 nitrogen and oxygen atoms in total. The van der Waals surface area contributed by atoms with Crippen molar-refractivity contribution in [2.75, 3.05) is 45.9 Å². The number of hydrogen-bond donors (Lipinski definition) is 1. The highest BCUT2D eigenvalue weighted by atomic mass is 127. The molecule has 2 saturated heterocycles. The topological polar surface area (TPSA) is 54.1 Å². The summed E-state index contributed by atoms with van der Waals surface area (Å²) in [6, 6.07) is 0. The maximum Gasteiger partial charge on any atom is 0.401 e. The van der Waals surface area contributed by atoms with Gasteiger partial charge < -0.3 is 15.4 Å². The third-order valence-electron chi connectivity index (χ3n) is 3.85. The Balaban J connectivity index is 0.00000242. The molecule has 2 fully saturated rings. The van der Waals surface area contributed by atoms with Gasteiger partial charge in [0, 0.05) is 26.2 Å². The average Bonchev–Trinajstić information content (AvgIpc) is 2.81. The minimum Gasteiger partial charge on any atom is -0.375 e. The second-order valence-electron chi connectivity index (χ2n) is 5.83. The van der Waals surface area contributed by atoms with E-state index >= 15 is 0 Å². The molecule has 2 unspecified atom stereocenters. The van der Waals surface area contributed by atoms with Gasteiger partial charge >= 0.3 is 6.18 Å². The first-order valence-corrected chi connectivity index (χ1v) is 7.29. The molecule has 0 bridgehead atoms. The van der Waals surface area contributed by atoms with Gasteiger partial charge in [0.2, 0.25) is 0 Å². The zero-order valence-corrected chi connectivity index (χ0v) is 15.0. The van der Waals surface area contributed by atoms with E-state index in [4.69, 9.17) is 10.5 Å². The zero-order chi connectivity index (χ0) is 15.5. The van der Waals surface area contributed by atoms with Crippen LogP contribution in [0.4, 0.5) is 13.2 Å². The van der Waals surface area contributed by atoms with Gasteiger partial charge in [0.15, 0.2) is 5.96 Å². The van der Waals surface area contributed by atoms with Crippen molar-refractivity contribution in [3.8, 4) is 0 Å². The van der Waals surface area contributed by atoms with Crippen LogP contribution in [0.25, 0.3) is 0 Å². The number of likely N-dealkylation sites (tertiary alicyclic amines) is 1. The van der Waals surface area contributed by atoms with Gasteiger partial charge in [-0.05, 0) is 25.8 Å². The summed E-state index contributed by atoms with van der Waals surface area (Å²) in [6.45, 7) is 4.61. The SMILES string of the molecule is CC1CN(C(N)=NCC2CCN(CC(F)(F)F)C2)CCO1.I. The summed E-state index contributed by atoms with van der Waals surface area (Å²) in [4.78, 5) is 7.76. The first-order chi connectivity index (χ1) is 9.83. The van der Waals surface area contributed by atoms with Crippen molar-refractivity contribution in [1.29, 1.82) is 0 Å². The smallest absolute Gasteiger partial charge is 0.375 e. The van der Waals surface area contributed by atoms with E-state index in [1.54, 1.807) is 0 Å². The lowest BCUT2D eigenvalue weighted by atomic mass is 10.1. The Hall–Kier alpha value is -0.290. The summed E-state index contributed by atoms with van der Waals surface area (Å²) < 4.78 is 42.4. The van der Waals surface area contributed by atoms with E-state index in [0.717, 1.165) is 6.42 Å². The van der Waals surface area contributed by atoms with Gasteiger partial charge in [0.05, 0.1) is 19.3 Å². The van der Waals surface area contributed by atoms with Crippen LogP contribution < -0.4 is 5.73 Å². The van der Waals surface area contributed by atoms with Crippen LogP contribution in [0, 0.1) is 5.92 Å². The minimum atomic E-state index is -4.12. The number of nitrogens with zero attached hydrogens (tertiary/aromatic N) is 3. The fourth-order valence-corrected chi connectivity index (χ4v) is 2.81. The van der Waals surface area contributed by atoms with Gasteiger partial charge in [0.1, 0.15) is 0 Å². The summed E-state index contributed by atoms with van der Waals surface area (Å²) in [5, 5.41) is 0. The molecule has 22 heavy (non-hydrogen) atoms. The van der Waals surface area contributed by atoms with E-state index in [1.165, 1.54) is 4.90 Å². The Morgan fingerprint density at radius 2 is 2.05 bits per heavy atom. The van der Waals surface area contributed by atoms with Crippen LogP contribution in [-0.2, 0) is 4.74 Å². The second kappa shape index (κ2) is 8.53. The third-order valence-corrected chi connectivity index (χ3v) is 3.85. The summed E-state index contributed by atoms with van der Waals surface area (Å²) >= 11 is 0. The Labute approximate surface area is 146 Å². The van der Waals surface area contributed by atoms with Crippen molar-refractivity contribution >= 4 is 29.9 Å². The molecule has 0 aliphatic carbocycles. The maximum absolute atomic E-state index is 12.3. The third kappa shape index (κ3) is 6.45. The van der Waals surface area contributed by atoms with Crippen molar-refractivity contribution in [3.05, 3.63) is 0 Å². The molecule has 0 radical (unpaired) electrons. The van der Waals surface area contributed by atoms with Crippen molar-refractivity contribution in [1.82, 2.24) is 9.80 Å². The van der Waals surface area contributed by atoms with Crippen LogP contribution in [0.2, 0.25) is 0 Å². The molecule has 2 heterocycles. The van der Waals surface area contributed by atoms with Crippen LogP contribution in [0.15, 0.2) is 4.99 Å². The molecule has 0 spiro atoms. The predicted molar refractivity (Wildman–Crippen MR) is 89.5 cm³/mol. The molecule has 2 rings (SSSR count). The lowest BCUT2D eigenvalue weighted by Crippen LogP contribution is -2.48. The largest absolute Gasteiger partial charge is 0.401 e. The Morgan fingerprint density at radius 1 is 1.32 bits per heavy atom. The van der Waals surface area contributed by atoms with Gasteiger partial charge in [-0.15, -0.1) is 24.0 Å². The fourth-order valence-electron chi connectivity index (χ4n) is 2.81. The lowest BCUT2D eigenvalue weighted by molar-refractivity contribution is -0.143. The van der Waals surface area contributed by atoms with E-state index < -0.39 is 12.7 Å². The number of halogens is 4. The van der Waals surface area contributed by atoms with Crippen LogP contribution in [0.3, 0.4) is 0 Å². The van der Waals surface area contributed by atoms with Crippen molar-refractivity contribution in [3.63, 3.8) is 0 Å². The molecule has 2 aliphatic rings. The highest BCUT2D eigenvalue weighted by molar-refractivity contribution is 14.0. The first-order valence-electron chi connectivity index (χ1n) is 7.29. The molecule has 0 amide bonds. The van der Waals surface area contributed by atoms with Gasteiger partial charge in [-0.1, -0.05) is 0 Å². The van der Waals surface area contributed by atoms with E-state index in [1.807, 2.05) is 11.8 Å². The molecule has 9 heteroatoms. The molecule has 0 aromatic heterocycles. The summed E-state index contributed by atoms with van der Waals surface area (Å²) in [5.41, 5.74) is 5.95. The molecule has 2 atom stereocenters. The standard InChI is InChI=1S/C13H23F3N4O.HI/c1-10-7-20(4-5-21-10)12(17)18-6-11-2-3-19(8-11)9-13(14,15)16;/h10-11H,2-9H2,1H3,(H2,17,18);1H. The number of rotatable bonds is 3. The monoisotopic (exact) mass is 436 g/mol. The van der Waals surface area contributed by atoms with Crippen molar-refractivity contribution in [2.45, 2.75) is 25.6 Å². The summed E-state index contributed by atoms with van der Waals surface area (Å²) in [5.74, 6) is 0.629. The summed E-state index contributed by atoms with van der Waals surface area (Å²) in [7, 11) is 0. The minimum absolute atomic E-state index is 0. The Kier molecular flexibility index (Phi) is 7.66. The van der Waals surface area contributed by atoms with Crippen LogP contribution >= 0.6 is 24.0 Å². The molecule has 0 saturated carbocycles. The quantitative estimate of drug-likeness (QED) is 0.414. The normalized spacial score (nSPS) is 27.8. The van der Waals surface area contributed by atoms with E-state index in [-0.39, 0.29) is 36.0 Å². The molecular formula is C13H24F3IN4O. The predicted octanol–water partition coefficient (Wildman–Crippen LogP) is 1.52. The van der Waals surface area contributed by atoms with Crippen LogP contribution in [-0.4, -0.2) is 73.9 Å². The number of ether oxygens (including phenoxy) is 1. The second-order valence-corrected chi connectivity index (χ2v) is 5.83. The highest BCUT2D eigenvalue weighted by Crippen LogP contribution is 2.22. The number of nitrogens with two attached hydrogens (primary N) is 1. The molecule has 0 aromatic carbocycles.